The van der Waals surface area contributed by atoms with Gasteiger partial charge in [0.2, 0.25) is 5.91 Å². The lowest BCUT2D eigenvalue weighted by Crippen LogP contribution is -2.45. The fraction of sp³-hybridized carbons (Fsp3) is 0.769. The van der Waals surface area contributed by atoms with Gasteiger partial charge in [-0.25, -0.2) is 13.2 Å². The molecule has 0 aromatic heterocycles. The first-order valence-electron chi connectivity index (χ1n) is 7.29. The molecule has 0 aromatic carbocycles. The number of sulfone groups is 1. The smallest absolute Gasteiger partial charge is 0.325 e. The van der Waals surface area contributed by atoms with Crippen LogP contribution >= 0.6 is 0 Å². The number of hydrogen-bond acceptors (Lipinski definition) is 5. The third kappa shape index (κ3) is 3.96. The Labute approximate surface area is 129 Å². The molecule has 2 atom stereocenters. The molecule has 2 aliphatic heterocycles. The molecule has 4 amide bonds. The van der Waals surface area contributed by atoms with E-state index in [0.29, 0.717) is 12.8 Å². The fourth-order valence-electron chi connectivity index (χ4n) is 2.68. The molecule has 2 rings (SSSR count). The fourth-order valence-corrected chi connectivity index (χ4v) is 4.36. The summed E-state index contributed by atoms with van der Waals surface area (Å²) in [6.07, 6.45) is 0.883. The molecular weight excluding hydrogens is 310 g/mol. The van der Waals surface area contributed by atoms with Gasteiger partial charge in [-0.2, -0.15) is 0 Å². The van der Waals surface area contributed by atoms with Crippen molar-refractivity contribution in [2.75, 3.05) is 18.1 Å². The van der Waals surface area contributed by atoms with Gasteiger partial charge in [0.05, 0.1) is 11.5 Å². The van der Waals surface area contributed by atoms with E-state index in [1.807, 2.05) is 13.8 Å². The SMILES string of the molecule is CC(C)C[C@@H]1NC(=O)N(CC(=O)N[C@@H]2CCS(=O)(=O)C2)C1=O. The van der Waals surface area contributed by atoms with E-state index in [-0.39, 0.29) is 24.0 Å². The number of nitrogens with zero attached hydrogens (tertiary/aromatic N) is 1. The lowest BCUT2D eigenvalue weighted by molar-refractivity contribution is -0.132. The molecule has 9 heteroatoms. The standard InChI is InChI=1S/C13H21N3O5S/c1-8(2)5-10-12(18)16(13(19)15-10)6-11(17)14-9-3-4-22(20,21)7-9/h8-10H,3-7H2,1-2H3,(H,14,17)(H,15,19)/t9-,10+/m1/s1. The summed E-state index contributed by atoms with van der Waals surface area (Å²) in [5.74, 6) is -0.720. The molecule has 0 saturated carbocycles. The lowest BCUT2D eigenvalue weighted by atomic mass is 10.0. The Bertz CT molecular complexity index is 586. The van der Waals surface area contributed by atoms with Crippen LogP contribution in [0.4, 0.5) is 4.79 Å². The normalized spacial score (nSPS) is 27.3. The van der Waals surface area contributed by atoms with E-state index < -0.39 is 39.8 Å². The van der Waals surface area contributed by atoms with Gasteiger partial charge in [0.25, 0.3) is 5.91 Å². The highest BCUT2D eigenvalue weighted by Gasteiger charge is 2.39. The Morgan fingerprint density at radius 2 is 2.09 bits per heavy atom. The monoisotopic (exact) mass is 331 g/mol. The van der Waals surface area contributed by atoms with Gasteiger partial charge < -0.3 is 10.6 Å². The van der Waals surface area contributed by atoms with Crippen LogP contribution in [0.15, 0.2) is 0 Å². The second-order valence-corrected chi connectivity index (χ2v) is 8.45. The van der Waals surface area contributed by atoms with E-state index in [1.165, 1.54) is 0 Å². The maximum Gasteiger partial charge on any atom is 0.325 e. The van der Waals surface area contributed by atoms with E-state index in [0.717, 1.165) is 4.90 Å². The van der Waals surface area contributed by atoms with Crippen LogP contribution in [-0.2, 0) is 19.4 Å². The first kappa shape index (κ1) is 16.7. The maximum atomic E-state index is 12.1. The van der Waals surface area contributed by atoms with E-state index in [2.05, 4.69) is 10.6 Å². The van der Waals surface area contributed by atoms with Gasteiger partial charge in [-0.3, -0.25) is 14.5 Å². The van der Waals surface area contributed by atoms with Crippen LogP contribution in [0.5, 0.6) is 0 Å². The minimum Gasteiger partial charge on any atom is -0.351 e. The molecule has 0 radical (unpaired) electrons. The van der Waals surface area contributed by atoms with E-state index in [4.69, 9.17) is 0 Å². The maximum absolute atomic E-state index is 12.1. The van der Waals surface area contributed by atoms with Gasteiger partial charge in [0, 0.05) is 6.04 Å². The van der Waals surface area contributed by atoms with Crippen molar-refractivity contribution < 1.29 is 22.8 Å². The summed E-state index contributed by atoms with van der Waals surface area (Å²) in [5.41, 5.74) is 0. The molecule has 0 spiro atoms. The minimum atomic E-state index is -3.09. The highest BCUT2D eigenvalue weighted by atomic mass is 32.2. The summed E-state index contributed by atoms with van der Waals surface area (Å²) in [4.78, 5) is 36.7. The van der Waals surface area contributed by atoms with Gasteiger partial charge in [0.15, 0.2) is 9.84 Å². The zero-order valence-electron chi connectivity index (χ0n) is 12.7. The topological polar surface area (TPSA) is 113 Å². The summed E-state index contributed by atoms with van der Waals surface area (Å²) in [6.45, 7) is 3.50. The highest BCUT2D eigenvalue weighted by Crippen LogP contribution is 2.15. The van der Waals surface area contributed by atoms with E-state index in [9.17, 15) is 22.8 Å². The first-order chi connectivity index (χ1) is 10.2. The molecule has 2 heterocycles. The molecule has 0 aliphatic carbocycles. The molecule has 0 bridgehead atoms. The molecule has 2 fully saturated rings. The van der Waals surface area contributed by atoms with Crippen LogP contribution in [0.25, 0.3) is 0 Å². The number of hydrogen-bond donors (Lipinski definition) is 2. The molecule has 2 saturated heterocycles. The predicted molar refractivity (Wildman–Crippen MR) is 78.7 cm³/mol. The Hall–Kier alpha value is -1.64. The number of nitrogens with one attached hydrogen (secondary N) is 2. The summed E-state index contributed by atoms with van der Waals surface area (Å²) < 4.78 is 22.7. The first-order valence-corrected chi connectivity index (χ1v) is 9.12. The van der Waals surface area contributed by atoms with Crippen LogP contribution in [0.1, 0.15) is 26.7 Å². The quantitative estimate of drug-likeness (QED) is 0.644. The second kappa shape index (κ2) is 6.23. The molecule has 124 valence electrons. The summed E-state index contributed by atoms with van der Waals surface area (Å²) in [7, 11) is -3.09. The van der Waals surface area contributed by atoms with Gasteiger partial charge >= 0.3 is 6.03 Å². The Morgan fingerprint density at radius 3 is 2.64 bits per heavy atom. The largest absolute Gasteiger partial charge is 0.351 e. The summed E-state index contributed by atoms with van der Waals surface area (Å²) >= 11 is 0. The molecule has 22 heavy (non-hydrogen) atoms. The molecule has 8 nitrogen and oxygen atoms in total. The van der Waals surface area contributed by atoms with Crippen molar-refractivity contribution in [3.05, 3.63) is 0 Å². The predicted octanol–water partition coefficient (Wildman–Crippen LogP) is -0.744. The average molecular weight is 331 g/mol. The zero-order valence-corrected chi connectivity index (χ0v) is 13.5. The van der Waals surface area contributed by atoms with Crippen LogP contribution in [0.2, 0.25) is 0 Å². The zero-order chi connectivity index (χ0) is 16.5. The number of imide groups is 1. The Kier molecular flexibility index (Phi) is 4.74. The average Bonchev–Trinajstić information content (AvgIpc) is 2.83. The summed E-state index contributed by atoms with van der Waals surface area (Å²) in [6, 6.07) is -1.61. The number of amides is 4. The van der Waals surface area contributed by atoms with Crippen LogP contribution in [0, 0.1) is 5.92 Å². The van der Waals surface area contributed by atoms with Crippen molar-refractivity contribution in [3.8, 4) is 0 Å². The van der Waals surface area contributed by atoms with Gasteiger partial charge in [-0.1, -0.05) is 13.8 Å². The van der Waals surface area contributed by atoms with Crippen molar-refractivity contribution in [2.45, 2.75) is 38.8 Å². The van der Waals surface area contributed by atoms with Gasteiger partial charge in [0.1, 0.15) is 12.6 Å². The molecule has 2 aliphatic rings. The third-order valence-electron chi connectivity index (χ3n) is 3.71. The van der Waals surface area contributed by atoms with Crippen LogP contribution in [-0.4, -0.2) is 61.3 Å². The van der Waals surface area contributed by atoms with Crippen molar-refractivity contribution in [2.24, 2.45) is 5.92 Å². The Morgan fingerprint density at radius 1 is 1.41 bits per heavy atom. The van der Waals surface area contributed by atoms with Gasteiger partial charge in [-0.05, 0) is 18.8 Å². The third-order valence-corrected chi connectivity index (χ3v) is 5.48. The molecular formula is C13H21N3O5S. The summed E-state index contributed by atoms with van der Waals surface area (Å²) in [5, 5.41) is 5.12. The highest BCUT2D eigenvalue weighted by molar-refractivity contribution is 7.91. The lowest BCUT2D eigenvalue weighted by Gasteiger charge is -2.16. The van der Waals surface area contributed by atoms with Crippen LogP contribution in [0.3, 0.4) is 0 Å². The van der Waals surface area contributed by atoms with Crippen molar-refractivity contribution in [1.29, 1.82) is 0 Å². The number of urea groups is 1. The number of carbonyl (C=O) groups is 3. The van der Waals surface area contributed by atoms with Gasteiger partial charge in [-0.15, -0.1) is 0 Å². The van der Waals surface area contributed by atoms with Crippen molar-refractivity contribution >= 4 is 27.7 Å². The number of carbonyl (C=O) groups excluding carboxylic acids is 3. The number of rotatable bonds is 5. The molecule has 2 N–H and O–H groups in total. The van der Waals surface area contributed by atoms with E-state index >= 15 is 0 Å². The minimum absolute atomic E-state index is 0.0531. The van der Waals surface area contributed by atoms with Crippen molar-refractivity contribution in [1.82, 2.24) is 15.5 Å². The molecule has 0 aromatic rings. The Balaban J connectivity index is 1.89. The van der Waals surface area contributed by atoms with Crippen molar-refractivity contribution in [3.63, 3.8) is 0 Å². The molecule has 0 unspecified atom stereocenters. The second-order valence-electron chi connectivity index (χ2n) is 6.22. The van der Waals surface area contributed by atoms with Crippen LogP contribution < -0.4 is 10.6 Å². The van der Waals surface area contributed by atoms with E-state index in [1.54, 1.807) is 0 Å².